The number of fused-ring (bicyclic) bond motifs is 4. The summed E-state index contributed by atoms with van der Waals surface area (Å²) in [5, 5.41) is 6.53. The number of para-hydroxylation sites is 2. The van der Waals surface area contributed by atoms with Crippen LogP contribution in [0.1, 0.15) is 17.5 Å². The molecule has 1 saturated heterocycles. The van der Waals surface area contributed by atoms with Gasteiger partial charge in [0.1, 0.15) is 24.1 Å². The smallest absolute Gasteiger partial charge is 0.162 e. The van der Waals surface area contributed by atoms with Crippen molar-refractivity contribution in [2.24, 2.45) is 0 Å². The van der Waals surface area contributed by atoms with E-state index in [2.05, 4.69) is 110 Å². The van der Waals surface area contributed by atoms with E-state index in [4.69, 9.17) is 23.2 Å². The van der Waals surface area contributed by atoms with E-state index in [1.165, 1.54) is 55.1 Å². The number of quaternary nitrogens is 1. The first-order valence-electron chi connectivity index (χ1n) is 16.8. The van der Waals surface area contributed by atoms with Crippen molar-refractivity contribution in [1.82, 2.24) is 29.3 Å². The van der Waals surface area contributed by atoms with Crippen LogP contribution in [-0.2, 0) is 12.8 Å². The van der Waals surface area contributed by atoms with Crippen molar-refractivity contribution in [1.29, 1.82) is 0 Å². The van der Waals surface area contributed by atoms with Crippen LogP contribution in [0.25, 0.3) is 43.6 Å². The maximum atomic E-state index is 6.34. The first-order chi connectivity index (χ1) is 23.6. The number of piperazine rings is 1. The molecule has 48 heavy (non-hydrogen) atoms. The molecule has 4 aromatic carbocycles. The number of aryl methyl sites for hydroxylation is 1. The van der Waals surface area contributed by atoms with E-state index in [-0.39, 0.29) is 0 Å². The molecular formula is C40H37Cl2N6+. The summed E-state index contributed by atoms with van der Waals surface area (Å²) in [6.45, 7) is 3.91. The van der Waals surface area contributed by atoms with Gasteiger partial charge in [-0.3, -0.25) is 9.38 Å². The van der Waals surface area contributed by atoms with Crippen LogP contribution in [0.5, 0.6) is 0 Å². The van der Waals surface area contributed by atoms with Gasteiger partial charge >= 0.3 is 0 Å². The van der Waals surface area contributed by atoms with Gasteiger partial charge in [0.15, 0.2) is 11.4 Å². The lowest BCUT2D eigenvalue weighted by Crippen LogP contribution is -2.62. The lowest BCUT2D eigenvalue weighted by molar-refractivity contribution is 0.103. The quantitative estimate of drug-likeness (QED) is 0.119. The molecule has 8 aromatic rings. The van der Waals surface area contributed by atoms with Crippen LogP contribution in [0.15, 0.2) is 110 Å². The number of hydrogen-bond donors (Lipinski definition) is 4. The van der Waals surface area contributed by atoms with Gasteiger partial charge in [0.05, 0.1) is 6.04 Å². The average Bonchev–Trinajstić information content (AvgIpc) is 3.92. The minimum absolute atomic E-state index is 0.339. The summed E-state index contributed by atoms with van der Waals surface area (Å²) in [4.78, 5) is 16.9. The van der Waals surface area contributed by atoms with Gasteiger partial charge in [-0.05, 0) is 66.8 Å². The highest BCUT2D eigenvalue weighted by Gasteiger charge is 2.44. The van der Waals surface area contributed by atoms with Crippen LogP contribution in [0.4, 0.5) is 11.4 Å². The van der Waals surface area contributed by atoms with Crippen LogP contribution in [-0.4, -0.2) is 57.1 Å². The zero-order chi connectivity index (χ0) is 32.2. The lowest BCUT2D eigenvalue weighted by atomic mass is 9.96. The SMILES string of the molecule is Clc1ccc2c(CCC3C[N+](c4cccc5cc[nH]c45)(c4cccc5cc[nH]c45)CCN3CCc3c[nH]c4cc(Cl)ccc34)c[nH]c2c1. The Kier molecular flexibility index (Phi) is 7.35. The molecule has 1 fully saturated rings. The highest BCUT2D eigenvalue weighted by atomic mass is 35.5. The third-order valence-corrected chi connectivity index (χ3v) is 11.2. The monoisotopic (exact) mass is 671 g/mol. The maximum Gasteiger partial charge on any atom is 0.162 e. The summed E-state index contributed by atoms with van der Waals surface area (Å²) in [5.74, 6) is 0. The zero-order valence-electron chi connectivity index (χ0n) is 26.6. The summed E-state index contributed by atoms with van der Waals surface area (Å²) in [6, 6.07) is 30.6. The summed E-state index contributed by atoms with van der Waals surface area (Å²) in [7, 11) is 0. The molecule has 9 rings (SSSR count). The fourth-order valence-electron chi connectivity index (χ4n) is 8.35. The number of halogens is 2. The molecule has 1 unspecified atom stereocenters. The molecule has 0 spiro atoms. The second kappa shape index (κ2) is 11.9. The molecule has 6 nitrogen and oxygen atoms in total. The van der Waals surface area contributed by atoms with Crippen LogP contribution in [0.3, 0.4) is 0 Å². The number of hydrogen-bond acceptors (Lipinski definition) is 1. The number of benzene rings is 4. The number of nitrogens with zero attached hydrogens (tertiary/aromatic N) is 2. The molecule has 0 radical (unpaired) electrons. The predicted molar refractivity (Wildman–Crippen MR) is 202 cm³/mol. The molecule has 0 aliphatic carbocycles. The number of rotatable bonds is 8. The van der Waals surface area contributed by atoms with Crippen LogP contribution in [0, 0.1) is 0 Å². The highest BCUT2D eigenvalue weighted by Crippen LogP contribution is 2.44. The van der Waals surface area contributed by atoms with Crippen molar-refractivity contribution >= 4 is 78.2 Å². The minimum atomic E-state index is 0.339. The summed E-state index contributed by atoms with van der Waals surface area (Å²) >= 11 is 12.6. The minimum Gasteiger partial charge on any atom is -0.361 e. The summed E-state index contributed by atoms with van der Waals surface area (Å²) in [6.07, 6.45) is 11.5. The number of nitrogens with one attached hydrogen (secondary N) is 4. The molecule has 0 amide bonds. The highest BCUT2D eigenvalue weighted by molar-refractivity contribution is 6.31. The third kappa shape index (κ3) is 5.03. The Hall–Kier alpha value is -4.46. The van der Waals surface area contributed by atoms with Crippen LogP contribution < -0.4 is 4.48 Å². The fraction of sp³-hybridized carbons (Fsp3) is 0.200. The Morgan fingerprint density at radius 1 is 0.667 bits per heavy atom. The first kappa shape index (κ1) is 29.7. The van der Waals surface area contributed by atoms with E-state index in [1.54, 1.807) is 0 Å². The van der Waals surface area contributed by atoms with Gasteiger partial charge < -0.3 is 19.9 Å². The Bertz CT molecular complexity index is 2340. The second-order valence-electron chi connectivity index (χ2n) is 13.3. The molecule has 4 aromatic heterocycles. The number of aromatic amines is 4. The Morgan fingerprint density at radius 2 is 1.25 bits per heavy atom. The normalized spacial score (nSPS) is 16.9. The molecule has 8 heteroatoms. The Morgan fingerprint density at radius 3 is 1.85 bits per heavy atom. The maximum absolute atomic E-state index is 6.34. The molecule has 0 saturated carbocycles. The van der Waals surface area contributed by atoms with Crippen molar-refractivity contribution in [3.63, 3.8) is 0 Å². The second-order valence-corrected chi connectivity index (χ2v) is 14.2. The molecule has 1 atom stereocenters. The molecule has 4 N–H and O–H groups in total. The van der Waals surface area contributed by atoms with E-state index in [9.17, 15) is 0 Å². The van der Waals surface area contributed by atoms with Crippen molar-refractivity contribution in [2.75, 3.05) is 26.2 Å². The lowest BCUT2D eigenvalue weighted by Gasteiger charge is -2.48. The first-order valence-corrected chi connectivity index (χ1v) is 17.6. The van der Waals surface area contributed by atoms with Gasteiger partial charge in [-0.2, -0.15) is 0 Å². The molecule has 1 aliphatic rings. The predicted octanol–water partition coefficient (Wildman–Crippen LogP) is 10.1. The van der Waals surface area contributed by atoms with Gasteiger partial charge in [-0.25, -0.2) is 0 Å². The standard InChI is InChI=1S/C40H37Cl2N6/c41-30-8-11-33-28(23-45-35(33)21-30)7-10-32-25-48(37-5-1-3-26-13-16-43-39(26)37,38-6-2-4-27-14-17-44-40(27)38)20-19-47(32)18-15-29-24-46-36-22-31(42)9-12-34(29)36/h1-6,8-9,11-14,16-17,21-24,32,43-46H,7,10,15,18-20,25H2/q+1. The zero-order valence-corrected chi connectivity index (χ0v) is 28.1. The Balaban J connectivity index is 1.12. The van der Waals surface area contributed by atoms with E-state index in [0.717, 1.165) is 71.0 Å². The molecule has 0 bridgehead atoms. The van der Waals surface area contributed by atoms with Crippen molar-refractivity contribution in [3.05, 3.63) is 131 Å². The van der Waals surface area contributed by atoms with E-state index >= 15 is 0 Å². The van der Waals surface area contributed by atoms with E-state index in [1.807, 2.05) is 24.3 Å². The molecular weight excluding hydrogens is 635 g/mol. The molecule has 240 valence electrons. The van der Waals surface area contributed by atoms with Gasteiger partial charge in [0.2, 0.25) is 0 Å². The van der Waals surface area contributed by atoms with Gasteiger partial charge in [-0.15, -0.1) is 0 Å². The largest absolute Gasteiger partial charge is 0.361 e. The Labute approximate surface area is 288 Å². The molecule has 5 heterocycles. The third-order valence-electron chi connectivity index (χ3n) is 10.7. The summed E-state index contributed by atoms with van der Waals surface area (Å²) < 4.78 is 0.784. The van der Waals surface area contributed by atoms with Crippen LogP contribution >= 0.6 is 23.2 Å². The van der Waals surface area contributed by atoms with E-state index in [0.29, 0.717) is 6.04 Å². The van der Waals surface area contributed by atoms with Crippen molar-refractivity contribution in [2.45, 2.75) is 25.3 Å². The number of H-pyrrole nitrogens is 4. The van der Waals surface area contributed by atoms with Gasteiger partial charge in [0.25, 0.3) is 0 Å². The van der Waals surface area contributed by atoms with Gasteiger partial charge in [0, 0.05) is 92.6 Å². The topological polar surface area (TPSA) is 66.4 Å². The van der Waals surface area contributed by atoms with Crippen molar-refractivity contribution in [3.8, 4) is 0 Å². The fourth-order valence-corrected chi connectivity index (χ4v) is 8.70. The van der Waals surface area contributed by atoms with Gasteiger partial charge in [-0.1, -0.05) is 59.6 Å². The summed E-state index contributed by atoms with van der Waals surface area (Å²) in [5.41, 5.74) is 9.99. The van der Waals surface area contributed by atoms with Crippen LogP contribution in [0.2, 0.25) is 10.0 Å². The molecule has 1 aliphatic heterocycles. The number of aromatic nitrogens is 4. The van der Waals surface area contributed by atoms with Crippen molar-refractivity contribution < 1.29 is 0 Å². The average molecular weight is 673 g/mol. The van der Waals surface area contributed by atoms with E-state index < -0.39 is 0 Å².